The van der Waals surface area contributed by atoms with Crippen LogP contribution in [-0.2, 0) is 32.3 Å². The van der Waals surface area contributed by atoms with Crippen molar-refractivity contribution in [2.75, 3.05) is 17.4 Å². The quantitative estimate of drug-likeness (QED) is 0.245. The van der Waals surface area contributed by atoms with E-state index >= 15 is 0 Å². The third-order valence-electron chi connectivity index (χ3n) is 6.76. The van der Waals surface area contributed by atoms with Crippen LogP contribution in [0, 0.1) is 6.92 Å². The van der Waals surface area contributed by atoms with E-state index in [4.69, 9.17) is 0 Å². The van der Waals surface area contributed by atoms with Gasteiger partial charge < -0.3 is 10.2 Å². The number of hydrogen-bond donors (Lipinski definition) is 1. The van der Waals surface area contributed by atoms with Gasteiger partial charge in [0.25, 0.3) is 10.0 Å². The second-order valence-electron chi connectivity index (χ2n) is 9.95. The van der Waals surface area contributed by atoms with Gasteiger partial charge in [0.1, 0.15) is 12.6 Å². The Morgan fingerprint density at radius 2 is 1.60 bits per heavy atom. The van der Waals surface area contributed by atoms with E-state index in [-0.39, 0.29) is 29.5 Å². The van der Waals surface area contributed by atoms with Crippen LogP contribution in [-0.4, -0.2) is 44.3 Å². The third-order valence-corrected chi connectivity index (χ3v) is 8.55. The van der Waals surface area contributed by atoms with Crippen LogP contribution in [0.5, 0.6) is 0 Å². The van der Waals surface area contributed by atoms with Gasteiger partial charge in [0.05, 0.1) is 16.1 Å². The van der Waals surface area contributed by atoms with Gasteiger partial charge in [-0.3, -0.25) is 13.9 Å². The lowest BCUT2D eigenvalue weighted by Gasteiger charge is -2.33. The first-order valence-electron chi connectivity index (χ1n) is 13.8. The second-order valence-corrected chi connectivity index (χ2v) is 11.8. The van der Waals surface area contributed by atoms with Crippen LogP contribution in [0.1, 0.15) is 49.8 Å². The van der Waals surface area contributed by atoms with Gasteiger partial charge in [-0.05, 0) is 55.7 Å². The zero-order valence-corrected chi connectivity index (χ0v) is 24.7. The lowest BCUT2D eigenvalue weighted by atomic mass is 10.1. The second kappa shape index (κ2) is 14.4. The topological polar surface area (TPSA) is 86.8 Å². The van der Waals surface area contributed by atoms with Crippen molar-refractivity contribution in [1.82, 2.24) is 10.2 Å². The maximum atomic E-state index is 14.0. The molecule has 0 aromatic heterocycles. The molecule has 0 aliphatic heterocycles. The Labute approximate surface area is 245 Å². The van der Waals surface area contributed by atoms with Crippen molar-refractivity contribution in [2.24, 2.45) is 0 Å². The highest BCUT2D eigenvalue weighted by Crippen LogP contribution is 2.33. The zero-order valence-electron chi connectivity index (χ0n) is 23.9. The fourth-order valence-electron chi connectivity index (χ4n) is 4.40. The molecule has 0 spiro atoms. The number of carbonyl (C=O) groups is 2. The van der Waals surface area contributed by atoms with Crippen molar-refractivity contribution in [3.8, 4) is 0 Å². The Balaban J connectivity index is 2.08. The molecule has 0 bridgehead atoms. The van der Waals surface area contributed by atoms with Gasteiger partial charge in [-0.15, -0.1) is 0 Å². The van der Waals surface area contributed by atoms with E-state index in [1.54, 1.807) is 13.0 Å². The molecule has 0 aliphatic rings. The SMILES string of the molecule is CCCCNC(=O)C(CC)N(Cc1ccc(C)cc1)C(=O)CN(c1cccc(C(F)(F)F)c1)S(=O)(=O)c1ccccc1. The van der Waals surface area contributed by atoms with Crippen molar-refractivity contribution in [3.05, 3.63) is 95.6 Å². The largest absolute Gasteiger partial charge is 0.416 e. The van der Waals surface area contributed by atoms with Crippen molar-refractivity contribution < 1.29 is 31.2 Å². The van der Waals surface area contributed by atoms with Gasteiger partial charge in [-0.2, -0.15) is 13.2 Å². The number of carbonyl (C=O) groups excluding carboxylic acids is 2. The molecular weight excluding hydrogens is 567 g/mol. The van der Waals surface area contributed by atoms with Crippen LogP contribution in [0.15, 0.2) is 83.8 Å². The number of nitrogens with one attached hydrogen (secondary N) is 1. The number of hydrogen-bond acceptors (Lipinski definition) is 4. The van der Waals surface area contributed by atoms with Crippen LogP contribution in [0.2, 0.25) is 0 Å². The fraction of sp³-hybridized carbons (Fsp3) is 0.355. The van der Waals surface area contributed by atoms with E-state index in [1.165, 1.54) is 35.2 Å². The monoisotopic (exact) mass is 603 g/mol. The maximum Gasteiger partial charge on any atom is 0.416 e. The Kier molecular flexibility index (Phi) is 11.2. The molecular formula is C31H36F3N3O4S. The van der Waals surface area contributed by atoms with Gasteiger partial charge in [-0.1, -0.05) is 74.4 Å². The smallest absolute Gasteiger partial charge is 0.354 e. The average molecular weight is 604 g/mol. The molecule has 0 saturated carbocycles. The average Bonchev–Trinajstić information content (AvgIpc) is 2.96. The highest BCUT2D eigenvalue weighted by molar-refractivity contribution is 7.92. The first kappa shape index (κ1) is 32.7. The van der Waals surface area contributed by atoms with Gasteiger partial charge in [0.2, 0.25) is 11.8 Å². The van der Waals surface area contributed by atoms with Crippen molar-refractivity contribution in [2.45, 2.75) is 63.7 Å². The molecule has 0 heterocycles. The van der Waals surface area contributed by atoms with Crippen molar-refractivity contribution in [3.63, 3.8) is 0 Å². The van der Waals surface area contributed by atoms with Crippen molar-refractivity contribution >= 4 is 27.5 Å². The van der Waals surface area contributed by atoms with Crippen LogP contribution in [0.4, 0.5) is 18.9 Å². The van der Waals surface area contributed by atoms with Crippen LogP contribution in [0.25, 0.3) is 0 Å². The highest BCUT2D eigenvalue weighted by atomic mass is 32.2. The minimum Gasteiger partial charge on any atom is -0.354 e. The Morgan fingerprint density at radius 1 is 0.929 bits per heavy atom. The third kappa shape index (κ3) is 8.34. The summed E-state index contributed by atoms with van der Waals surface area (Å²) in [5.41, 5.74) is 0.327. The number of benzene rings is 3. The Bertz CT molecular complexity index is 1450. The number of amides is 2. The molecule has 11 heteroatoms. The predicted octanol–water partition coefficient (Wildman–Crippen LogP) is 5.93. The van der Waals surface area contributed by atoms with E-state index < -0.39 is 40.3 Å². The number of alkyl halides is 3. The number of sulfonamides is 1. The zero-order chi connectivity index (χ0) is 30.9. The van der Waals surface area contributed by atoms with E-state index in [0.29, 0.717) is 22.5 Å². The highest BCUT2D eigenvalue weighted by Gasteiger charge is 2.35. The first-order chi connectivity index (χ1) is 19.9. The van der Waals surface area contributed by atoms with Crippen LogP contribution < -0.4 is 9.62 Å². The summed E-state index contributed by atoms with van der Waals surface area (Å²) in [5.74, 6) is -1.12. The number of aryl methyl sites for hydroxylation is 1. The molecule has 3 rings (SSSR count). The molecule has 3 aromatic rings. The molecule has 0 saturated heterocycles. The number of halogens is 3. The summed E-state index contributed by atoms with van der Waals surface area (Å²) in [6.07, 6.45) is -2.90. The number of anilines is 1. The standard InChI is InChI=1S/C31H36F3N3O4S/c1-4-6-19-35-30(39)28(5-2)36(21-24-17-15-23(3)16-18-24)29(38)22-37(42(40,41)27-13-8-7-9-14-27)26-12-10-11-25(20-26)31(32,33)34/h7-18,20,28H,4-6,19,21-22H2,1-3H3,(H,35,39). The summed E-state index contributed by atoms with van der Waals surface area (Å²) in [7, 11) is -4.48. The van der Waals surface area contributed by atoms with Gasteiger partial charge in [0.15, 0.2) is 0 Å². The summed E-state index contributed by atoms with van der Waals surface area (Å²) in [6, 6.07) is 17.4. The van der Waals surface area contributed by atoms with E-state index in [9.17, 15) is 31.2 Å². The molecule has 3 aromatic carbocycles. The van der Waals surface area contributed by atoms with Crippen LogP contribution >= 0.6 is 0 Å². The molecule has 2 amide bonds. The van der Waals surface area contributed by atoms with E-state index in [1.807, 2.05) is 38.1 Å². The summed E-state index contributed by atoms with van der Waals surface area (Å²) >= 11 is 0. The molecule has 0 radical (unpaired) electrons. The summed E-state index contributed by atoms with van der Waals surface area (Å²) < 4.78 is 69.0. The number of unbranched alkanes of at least 4 members (excludes halogenated alkanes) is 1. The Hall–Kier alpha value is -3.86. The molecule has 7 nitrogen and oxygen atoms in total. The maximum absolute atomic E-state index is 14.0. The molecule has 1 atom stereocenters. The van der Waals surface area contributed by atoms with Crippen molar-refractivity contribution in [1.29, 1.82) is 0 Å². The first-order valence-corrected chi connectivity index (χ1v) is 15.2. The normalized spacial score (nSPS) is 12.4. The van der Waals surface area contributed by atoms with Gasteiger partial charge in [0, 0.05) is 13.1 Å². The van der Waals surface area contributed by atoms with E-state index in [0.717, 1.165) is 30.5 Å². The number of nitrogens with zero attached hydrogens (tertiary/aromatic N) is 2. The van der Waals surface area contributed by atoms with Gasteiger partial charge in [-0.25, -0.2) is 8.42 Å². The summed E-state index contributed by atoms with van der Waals surface area (Å²) in [5, 5.41) is 2.84. The fourth-order valence-corrected chi connectivity index (χ4v) is 5.83. The minimum atomic E-state index is -4.73. The predicted molar refractivity (Wildman–Crippen MR) is 156 cm³/mol. The molecule has 1 N–H and O–H groups in total. The van der Waals surface area contributed by atoms with E-state index in [2.05, 4.69) is 5.32 Å². The Morgan fingerprint density at radius 3 is 2.19 bits per heavy atom. The lowest BCUT2D eigenvalue weighted by Crippen LogP contribution is -2.52. The molecule has 0 aliphatic carbocycles. The summed E-state index contributed by atoms with van der Waals surface area (Å²) in [4.78, 5) is 28.3. The number of rotatable bonds is 13. The molecule has 0 fully saturated rings. The molecule has 42 heavy (non-hydrogen) atoms. The summed E-state index contributed by atoms with van der Waals surface area (Å²) in [6.45, 7) is 5.22. The lowest BCUT2D eigenvalue weighted by molar-refractivity contribution is -0.140. The minimum absolute atomic E-state index is 0.000628. The van der Waals surface area contributed by atoms with Gasteiger partial charge >= 0.3 is 6.18 Å². The molecule has 1 unspecified atom stereocenters. The van der Waals surface area contributed by atoms with Crippen LogP contribution in [0.3, 0.4) is 0 Å². The molecule has 226 valence electrons.